The summed E-state index contributed by atoms with van der Waals surface area (Å²) < 4.78 is 10.8. The molecule has 2 aromatic rings. The van der Waals surface area contributed by atoms with E-state index in [0.717, 1.165) is 10.7 Å². The summed E-state index contributed by atoms with van der Waals surface area (Å²) in [6.45, 7) is 5.74. The van der Waals surface area contributed by atoms with Gasteiger partial charge in [0.15, 0.2) is 0 Å². The van der Waals surface area contributed by atoms with Crippen LogP contribution in [0.2, 0.25) is 0 Å². The number of rotatable bonds is 4. The third-order valence-electron chi connectivity index (χ3n) is 2.18. The SMILES string of the molecule is Cc1occc1Sc1ncnc(OC(C)C)c1N. The Balaban J connectivity index is 2.26. The summed E-state index contributed by atoms with van der Waals surface area (Å²) in [7, 11) is 0. The maximum absolute atomic E-state index is 6.00. The number of aromatic nitrogens is 2. The number of nitrogens with zero attached hydrogens (tertiary/aromatic N) is 2. The maximum Gasteiger partial charge on any atom is 0.241 e. The summed E-state index contributed by atoms with van der Waals surface area (Å²) in [4.78, 5) is 9.19. The molecule has 0 radical (unpaired) electrons. The molecular formula is C12H15N3O2S. The van der Waals surface area contributed by atoms with Gasteiger partial charge in [-0.15, -0.1) is 0 Å². The molecule has 0 fully saturated rings. The van der Waals surface area contributed by atoms with Gasteiger partial charge in [-0.1, -0.05) is 11.8 Å². The minimum Gasteiger partial charge on any atom is -0.473 e. The molecule has 6 heteroatoms. The largest absolute Gasteiger partial charge is 0.473 e. The molecule has 2 rings (SSSR count). The molecule has 2 heterocycles. The van der Waals surface area contributed by atoms with Crippen LogP contribution in [0.3, 0.4) is 0 Å². The van der Waals surface area contributed by atoms with Crippen LogP contribution >= 0.6 is 11.8 Å². The van der Waals surface area contributed by atoms with Crippen LogP contribution in [-0.4, -0.2) is 16.1 Å². The van der Waals surface area contributed by atoms with E-state index in [0.29, 0.717) is 16.6 Å². The molecule has 0 aromatic carbocycles. The number of nitrogen functional groups attached to an aromatic ring is 1. The lowest BCUT2D eigenvalue weighted by molar-refractivity contribution is 0.233. The summed E-state index contributed by atoms with van der Waals surface area (Å²) in [6, 6.07) is 1.88. The lowest BCUT2D eigenvalue weighted by atomic mass is 10.4. The Labute approximate surface area is 110 Å². The summed E-state index contributed by atoms with van der Waals surface area (Å²) in [5.41, 5.74) is 6.45. The van der Waals surface area contributed by atoms with E-state index in [4.69, 9.17) is 14.9 Å². The van der Waals surface area contributed by atoms with Crippen LogP contribution in [0.4, 0.5) is 5.69 Å². The van der Waals surface area contributed by atoms with E-state index < -0.39 is 0 Å². The molecule has 0 aliphatic carbocycles. The number of aryl methyl sites for hydroxylation is 1. The second-order valence-corrected chi connectivity index (χ2v) is 5.04. The molecule has 0 atom stereocenters. The Hall–Kier alpha value is -1.69. The van der Waals surface area contributed by atoms with E-state index in [2.05, 4.69) is 9.97 Å². The first-order valence-electron chi connectivity index (χ1n) is 5.57. The highest BCUT2D eigenvalue weighted by atomic mass is 32.2. The van der Waals surface area contributed by atoms with E-state index >= 15 is 0 Å². The summed E-state index contributed by atoms with van der Waals surface area (Å²) >= 11 is 1.44. The Morgan fingerprint density at radius 1 is 1.39 bits per heavy atom. The summed E-state index contributed by atoms with van der Waals surface area (Å²) in [5.74, 6) is 1.26. The molecule has 2 N–H and O–H groups in total. The molecule has 0 saturated carbocycles. The Morgan fingerprint density at radius 2 is 2.17 bits per heavy atom. The lowest BCUT2D eigenvalue weighted by Gasteiger charge is -2.12. The molecule has 0 bridgehead atoms. The fourth-order valence-corrected chi connectivity index (χ4v) is 2.17. The van der Waals surface area contributed by atoms with Gasteiger partial charge in [-0.25, -0.2) is 4.98 Å². The average Bonchev–Trinajstić information content (AvgIpc) is 2.70. The van der Waals surface area contributed by atoms with Crippen LogP contribution in [0.5, 0.6) is 5.88 Å². The van der Waals surface area contributed by atoms with Gasteiger partial charge in [-0.3, -0.25) is 0 Å². The Bertz CT molecular complexity index is 540. The monoisotopic (exact) mass is 265 g/mol. The molecule has 96 valence electrons. The van der Waals surface area contributed by atoms with Crippen molar-refractivity contribution in [2.24, 2.45) is 0 Å². The van der Waals surface area contributed by atoms with Crippen LogP contribution in [0.15, 0.2) is 33.0 Å². The van der Waals surface area contributed by atoms with Crippen molar-refractivity contribution < 1.29 is 9.15 Å². The van der Waals surface area contributed by atoms with Gasteiger partial charge in [-0.2, -0.15) is 4.98 Å². The average molecular weight is 265 g/mol. The third-order valence-corrected chi connectivity index (χ3v) is 3.34. The molecule has 18 heavy (non-hydrogen) atoms. The van der Waals surface area contributed by atoms with E-state index in [1.54, 1.807) is 6.26 Å². The van der Waals surface area contributed by atoms with Gasteiger partial charge >= 0.3 is 0 Å². The van der Waals surface area contributed by atoms with Crippen LogP contribution < -0.4 is 10.5 Å². The molecule has 0 aliphatic heterocycles. The smallest absolute Gasteiger partial charge is 0.241 e. The van der Waals surface area contributed by atoms with Crippen LogP contribution in [0, 0.1) is 6.92 Å². The van der Waals surface area contributed by atoms with Crippen molar-refractivity contribution in [3.05, 3.63) is 24.4 Å². The van der Waals surface area contributed by atoms with E-state index in [-0.39, 0.29) is 6.10 Å². The zero-order valence-electron chi connectivity index (χ0n) is 10.5. The van der Waals surface area contributed by atoms with Crippen molar-refractivity contribution in [1.82, 2.24) is 9.97 Å². The minimum atomic E-state index is 0.0238. The molecule has 0 unspecified atom stereocenters. The number of hydrogen-bond acceptors (Lipinski definition) is 6. The number of hydrogen-bond donors (Lipinski definition) is 1. The molecule has 5 nitrogen and oxygen atoms in total. The van der Waals surface area contributed by atoms with Gasteiger partial charge in [0.25, 0.3) is 0 Å². The summed E-state index contributed by atoms with van der Waals surface area (Å²) in [5, 5.41) is 0.671. The van der Waals surface area contributed by atoms with Crippen molar-refractivity contribution in [1.29, 1.82) is 0 Å². The van der Waals surface area contributed by atoms with E-state index in [1.807, 2.05) is 26.8 Å². The molecule has 0 aliphatic rings. The minimum absolute atomic E-state index is 0.0238. The van der Waals surface area contributed by atoms with E-state index in [1.165, 1.54) is 18.1 Å². The van der Waals surface area contributed by atoms with Gasteiger partial charge in [0, 0.05) is 0 Å². The molecule has 0 spiro atoms. The predicted molar refractivity (Wildman–Crippen MR) is 69.8 cm³/mol. The van der Waals surface area contributed by atoms with Crippen LogP contribution in [-0.2, 0) is 0 Å². The third kappa shape index (κ3) is 2.76. The normalized spacial score (nSPS) is 10.9. The number of furan rings is 1. The second kappa shape index (κ2) is 5.30. The van der Waals surface area contributed by atoms with E-state index in [9.17, 15) is 0 Å². The van der Waals surface area contributed by atoms with Gasteiger partial charge in [-0.05, 0) is 26.8 Å². The first-order chi connectivity index (χ1) is 8.58. The van der Waals surface area contributed by atoms with Crippen LogP contribution in [0.1, 0.15) is 19.6 Å². The lowest BCUT2D eigenvalue weighted by Crippen LogP contribution is -2.09. The maximum atomic E-state index is 6.00. The number of nitrogens with two attached hydrogens (primary N) is 1. The highest BCUT2D eigenvalue weighted by molar-refractivity contribution is 7.99. The topological polar surface area (TPSA) is 74.2 Å². The van der Waals surface area contributed by atoms with Crippen molar-refractivity contribution in [2.75, 3.05) is 5.73 Å². The molecule has 0 amide bonds. The highest BCUT2D eigenvalue weighted by Gasteiger charge is 2.13. The van der Waals surface area contributed by atoms with Crippen molar-refractivity contribution >= 4 is 17.4 Å². The van der Waals surface area contributed by atoms with Crippen molar-refractivity contribution in [3.8, 4) is 5.88 Å². The first-order valence-corrected chi connectivity index (χ1v) is 6.38. The van der Waals surface area contributed by atoms with Gasteiger partial charge in [0.05, 0.1) is 17.3 Å². The zero-order chi connectivity index (χ0) is 13.1. The van der Waals surface area contributed by atoms with Crippen molar-refractivity contribution in [3.63, 3.8) is 0 Å². The number of anilines is 1. The Morgan fingerprint density at radius 3 is 2.78 bits per heavy atom. The molecule has 2 aromatic heterocycles. The fourth-order valence-electron chi connectivity index (χ4n) is 1.35. The molecular weight excluding hydrogens is 250 g/mol. The van der Waals surface area contributed by atoms with Crippen molar-refractivity contribution in [2.45, 2.75) is 36.8 Å². The molecule has 0 saturated heterocycles. The van der Waals surface area contributed by atoms with Gasteiger partial charge in [0.1, 0.15) is 22.8 Å². The zero-order valence-corrected chi connectivity index (χ0v) is 11.3. The fraction of sp³-hybridized carbons (Fsp3) is 0.333. The highest BCUT2D eigenvalue weighted by Crippen LogP contribution is 2.35. The van der Waals surface area contributed by atoms with Crippen LogP contribution in [0.25, 0.3) is 0 Å². The van der Waals surface area contributed by atoms with Gasteiger partial charge < -0.3 is 14.9 Å². The summed E-state index contributed by atoms with van der Waals surface area (Å²) in [6.07, 6.45) is 3.11. The quantitative estimate of drug-likeness (QED) is 0.857. The predicted octanol–water partition coefficient (Wildman–Crippen LogP) is 2.90. The second-order valence-electron chi connectivity index (χ2n) is 4.01. The standard InChI is InChI=1S/C12H15N3O2S/c1-7(2)17-11-10(13)12(15-6-14-11)18-9-4-5-16-8(9)3/h4-7H,13H2,1-3H3. The first kappa shape index (κ1) is 12.8. The van der Waals surface area contributed by atoms with Gasteiger partial charge in [0.2, 0.25) is 5.88 Å². The Kier molecular flexibility index (Phi) is 3.76. The number of ether oxygens (including phenoxy) is 1.